The number of nitro groups is 1. The summed E-state index contributed by atoms with van der Waals surface area (Å²) in [5, 5.41) is 18.6. The molecule has 0 amide bonds. The van der Waals surface area contributed by atoms with Crippen LogP contribution in [-0.4, -0.2) is 15.1 Å². The lowest BCUT2D eigenvalue weighted by Crippen LogP contribution is -2.09. The maximum Gasteiger partial charge on any atom is 0.284 e. The van der Waals surface area contributed by atoms with E-state index in [0.29, 0.717) is 26.5 Å². The number of halogens is 1. The molecule has 0 fully saturated rings. The molecule has 0 saturated carbocycles. The molecule has 1 N–H and O–H groups in total. The van der Waals surface area contributed by atoms with E-state index in [1.165, 1.54) is 6.07 Å². The number of fused-ring (bicyclic) bond motifs is 1. The Morgan fingerprint density at radius 3 is 2.57 bits per heavy atom. The van der Waals surface area contributed by atoms with E-state index in [9.17, 15) is 14.9 Å². The lowest BCUT2D eigenvalue weighted by Gasteiger charge is -2.05. The van der Waals surface area contributed by atoms with Crippen LogP contribution in [0.3, 0.4) is 0 Å². The molecule has 6 nitrogen and oxygen atoms in total. The quantitative estimate of drug-likeness (QED) is 0.570. The highest BCUT2D eigenvalue weighted by Gasteiger charge is 2.15. The number of H-pyrrole nitrogens is 1. The summed E-state index contributed by atoms with van der Waals surface area (Å²) in [4.78, 5) is 22.3. The third-order valence-corrected chi connectivity index (χ3v) is 3.78. The van der Waals surface area contributed by atoms with Gasteiger partial charge in [-0.15, -0.1) is 0 Å². The van der Waals surface area contributed by atoms with Gasteiger partial charge in [0.15, 0.2) is 0 Å². The summed E-state index contributed by atoms with van der Waals surface area (Å²) in [6.07, 6.45) is 0. The van der Waals surface area contributed by atoms with Crippen molar-refractivity contribution in [1.82, 2.24) is 10.2 Å². The normalized spacial score (nSPS) is 10.7. The summed E-state index contributed by atoms with van der Waals surface area (Å²) in [6.45, 7) is 0. The summed E-state index contributed by atoms with van der Waals surface area (Å²) >= 11 is 3.15. The van der Waals surface area contributed by atoms with E-state index in [0.717, 1.165) is 0 Å². The van der Waals surface area contributed by atoms with E-state index in [1.807, 2.05) is 0 Å². The molecule has 0 saturated heterocycles. The van der Waals surface area contributed by atoms with E-state index < -0.39 is 4.92 Å². The van der Waals surface area contributed by atoms with E-state index in [1.54, 1.807) is 36.4 Å². The molecule has 0 aliphatic rings. The first kappa shape index (κ1) is 13.4. The van der Waals surface area contributed by atoms with Crippen molar-refractivity contribution in [2.45, 2.75) is 0 Å². The molecule has 2 aromatic carbocycles. The van der Waals surface area contributed by atoms with Crippen molar-refractivity contribution in [3.63, 3.8) is 0 Å². The van der Waals surface area contributed by atoms with E-state index in [4.69, 9.17) is 0 Å². The average Bonchev–Trinajstić information content (AvgIpc) is 2.48. The maximum absolute atomic E-state index is 11.8. The van der Waals surface area contributed by atoms with Gasteiger partial charge in [0.1, 0.15) is 0 Å². The van der Waals surface area contributed by atoms with Gasteiger partial charge in [0.05, 0.1) is 20.5 Å². The van der Waals surface area contributed by atoms with Crippen LogP contribution in [0.5, 0.6) is 0 Å². The number of benzene rings is 2. The molecule has 0 spiro atoms. The highest BCUT2D eigenvalue weighted by molar-refractivity contribution is 9.10. The standard InChI is InChI=1S/C14H8BrN3O3/c15-11-6-5-8(7-12(11)18(20)21)13-9-3-1-2-4-10(9)14(19)17-16-13/h1-7H,(H,17,19). The molecular weight excluding hydrogens is 338 g/mol. The van der Waals surface area contributed by atoms with Crippen molar-refractivity contribution < 1.29 is 4.92 Å². The van der Waals surface area contributed by atoms with E-state index >= 15 is 0 Å². The van der Waals surface area contributed by atoms with Crippen molar-refractivity contribution in [3.05, 3.63) is 67.4 Å². The second-order valence-corrected chi connectivity index (χ2v) is 5.22. The number of rotatable bonds is 2. The van der Waals surface area contributed by atoms with Crippen LogP contribution >= 0.6 is 15.9 Å². The highest BCUT2D eigenvalue weighted by atomic mass is 79.9. The molecule has 0 unspecified atom stereocenters. The molecule has 0 aliphatic heterocycles. The van der Waals surface area contributed by atoms with Crippen LogP contribution in [-0.2, 0) is 0 Å². The van der Waals surface area contributed by atoms with Crippen LogP contribution in [0.4, 0.5) is 5.69 Å². The minimum atomic E-state index is -0.471. The van der Waals surface area contributed by atoms with Crippen LogP contribution < -0.4 is 5.56 Å². The van der Waals surface area contributed by atoms with Gasteiger partial charge in [-0.05, 0) is 28.1 Å². The largest absolute Gasteiger partial charge is 0.284 e. The van der Waals surface area contributed by atoms with Gasteiger partial charge in [0, 0.05) is 17.0 Å². The van der Waals surface area contributed by atoms with E-state index in [-0.39, 0.29) is 11.2 Å². The molecule has 0 aliphatic carbocycles. The fourth-order valence-corrected chi connectivity index (χ4v) is 2.53. The van der Waals surface area contributed by atoms with Crippen LogP contribution in [0.25, 0.3) is 22.0 Å². The molecule has 3 rings (SSSR count). The number of hydrogen-bond acceptors (Lipinski definition) is 4. The summed E-state index contributed by atoms with van der Waals surface area (Å²) in [5.74, 6) is 0. The van der Waals surface area contributed by atoms with Crippen LogP contribution in [0.1, 0.15) is 0 Å². The second-order valence-electron chi connectivity index (χ2n) is 4.37. The molecule has 104 valence electrons. The van der Waals surface area contributed by atoms with Gasteiger partial charge in [-0.3, -0.25) is 14.9 Å². The Morgan fingerprint density at radius 2 is 1.86 bits per heavy atom. The molecule has 7 heteroatoms. The lowest BCUT2D eigenvalue weighted by molar-refractivity contribution is -0.385. The van der Waals surface area contributed by atoms with Crippen molar-refractivity contribution in [3.8, 4) is 11.3 Å². The van der Waals surface area contributed by atoms with Gasteiger partial charge in [-0.1, -0.05) is 24.3 Å². The minimum Gasteiger partial charge on any atom is -0.267 e. The number of hydrogen-bond donors (Lipinski definition) is 1. The fourth-order valence-electron chi connectivity index (χ4n) is 2.13. The number of nitro benzene ring substituents is 1. The topological polar surface area (TPSA) is 88.9 Å². The van der Waals surface area contributed by atoms with Gasteiger partial charge in [0.25, 0.3) is 11.2 Å². The van der Waals surface area contributed by atoms with Crippen molar-refractivity contribution in [1.29, 1.82) is 0 Å². The van der Waals surface area contributed by atoms with E-state index in [2.05, 4.69) is 26.1 Å². The molecule has 0 atom stereocenters. The number of aromatic nitrogens is 2. The first-order valence-electron chi connectivity index (χ1n) is 5.99. The number of aromatic amines is 1. The molecule has 0 bridgehead atoms. The van der Waals surface area contributed by atoms with Crippen molar-refractivity contribution >= 4 is 32.4 Å². The first-order chi connectivity index (χ1) is 10.1. The van der Waals surface area contributed by atoms with Gasteiger partial charge >= 0.3 is 0 Å². The highest BCUT2D eigenvalue weighted by Crippen LogP contribution is 2.31. The summed E-state index contributed by atoms with van der Waals surface area (Å²) in [7, 11) is 0. The van der Waals surface area contributed by atoms with Crippen molar-refractivity contribution in [2.24, 2.45) is 0 Å². The van der Waals surface area contributed by atoms with Crippen LogP contribution in [0.2, 0.25) is 0 Å². The lowest BCUT2D eigenvalue weighted by atomic mass is 10.0. The molecule has 3 aromatic rings. The molecule has 1 aromatic heterocycles. The zero-order valence-electron chi connectivity index (χ0n) is 10.5. The minimum absolute atomic E-state index is 0.0513. The second kappa shape index (κ2) is 5.10. The third-order valence-electron chi connectivity index (χ3n) is 3.11. The van der Waals surface area contributed by atoms with Gasteiger partial charge < -0.3 is 0 Å². The Hall–Kier alpha value is -2.54. The number of nitrogens with zero attached hydrogens (tertiary/aromatic N) is 2. The predicted octanol–water partition coefficient (Wildman–Crippen LogP) is 3.26. The maximum atomic E-state index is 11.8. The van der Waals surface area contributed by atoms with Crippen LogP contribution in [0, 0.1) is 10.1 Å². The molecule has 21 heavy (non-hydrogen) atoms. The predicted molar refractivity (Wildman–Crippen MR) is 82.2 cm³/mol. The molecule has 0 radical (unpaired) electrons. The Balaban J connectivity index is 2.31. The Labute approximate surface area is 126 Å². The summed E-state index contributed by atoms with van der Waals surface area (Å²) in [5.41, 5.74) is 0.726. The molecular formula is C14H8BrN3O3. The van der Waals surface area contributed by atoms with Gasteiger partial charge in [-0.25, -0.2) is 5.10 Å². The SMILES string of the molecule is O=c1[nH]nc(-c2ccc(Br)c([N+](=O)[O-])c2)c2ccccc12. The molecule has 1 heterocycles. The van der Waals surface area contributed by atoms with Gasteiger partial charge in [0.2, 0.25) is 0 Å². The zero-order valence-corrected chi connectivity index (χ0v) is 12.1. The summed E-state index contributed by atoms with van der Waals surface area (Å²) in [6, 6.07) is 11.7. The fraction of sp³-hybridized carbons (Fsp3) is 0. The number of nitrogens with one attached hydrogen (secondary N) is 1. The summed E-state index contributed by atoms with van der Waals surface area (Å²) < 4.78 is 0.394. The van der Waals surface area contributed by atoms with Crippen molar-refractivity contribution in [2.75, 3.05) is 0 Å². The first-order valence-corrected chi connectivity index (χ1v) is 6.79. The zero-order chi connectivity index (χ0) is 15.0. The monoisotopic (exact) mass is 345 g/mol. The average molecular weight is 346 g/mol. The Morgan fingerprint density at radius 1 is 1.14 bits per heavy atom. The third kappa shape index (κ3) is 2.31. The van der Waals surface area contributed by atoms with Gasteiger partial charge in [-0.2, -0.15) is 5.10 Å². The Bertz CT molecular complexity index is 921. The smallest absolute Gasteiger partial charge is 0.267 e. The van der Waals surface area contributed by atoms with Crippen LogP contribution in [0.15, 0.2) is 51.7 Å². The Kier molecular flexibility index (Phi) is 3.26.